The van der Waals surface area contributed by atoms with Gasteiger partial charge in [-0.25, -0.2) is 0 Å². The number of amides is 1. The lowest BCUT2D eigenvalue weighted by Crippen LogP contribution is -2.36. The first-order valence-electron chi connectivity index (χ1n) is 6.17. The summed E-state index contributed by atoms with van der Waals surface area (Å²) in [5.74, 6) is 0.653. The lowest BCUT2D eigenvalue weighted by molar-refractivity contribution is -0.130. The summed E-state index contributed by atoms with van der Waals surface area (Å²) in [6.45, 7) is 7.80. The molecule has 4 heteroatoms. The fraction of sp³-hybridized carbons (Fsp3) is 0.917. The standard InChI is InChI=1S/C12H24N2O2/c1-5-9(2)11-12(15)14(10(3)13-11)7-6-8-16-4/h9-11,13H,5-8H2,1-4H3. The zero-order chi connectivity index (χ0) is 12.1. The molecule has 1 fully saturated rings. The average molecular weight is 228 g/mol. The molecule has 0 aromatic rings. The van der Waals surface area contributed by atoms with E-state index in [-0.39, 0.29) is 18.1 Å². The van der Waals surface area contributed by atoms with Gasteiger partial charge in [0.25, 0.3) is 0 Å². The first-order valence-corrected chi connectivity index (χ1v) is 6.17. The minimum Gasteiger partial charge on any atom is -0.385 e. The van der Waals surface area contributed by atoms with Crippen molar-refractivity contribution in [2.24, 2.45) is 5.92 Å². The fourth-order valence-corrected chi connectivity index (χ4v) is 2.12. The molecule has 1 rings (SSSR count). The molecule has 0 aromatic heterocycles. The van der Waals surface area contributed by atoms with E-state index in [0.29, 0.717) is 12.5 Å². The Morgan fingerprint density at radius 1 is 1.56 bits per heavy atom. The summed E-state index contributed by atoms with van der Waals surface area (Å²) in [6, 6.07) is 0.00236. The van der Waals surface area contributed by atoms with Crippen LogP contribution in [0.3, 0.4) is 0 Å². The summed E-state index contributed by atoms with van der Waals surface area (Å²) in [6.07, 6.45) is 2.09. The van der Waals surface area contributed by atoms with Crippen molar-refractivity contribution >= 4 is 5.91 Å². The van der Waals surface area contributed by atoms with Crippen molar-refractivity contribution in [1.29, 1.82) is 0 Å². The Labute approximate surface area is 98.3 Å². The SMILES string of the molecule is CCC(C)C1NC(C)N(CCCOC)C1=O. The molecule has 1 aliphatic heterocycles. The third-order valence-electron chi connectivity index (χ3n) is 3.40. The number of carbonyl (C=O) groups is 1. The van der Waals surface area contributed by atoms with Crippen LogP contribution in [0.15, 0.2) is 0 Å². The van der Waals surface area contributed by atoms with E-state index in [1.165, 1.54) is 0 Å². The molecule has 1 saturated heterocycles. The topological polar surface area (TPSA) is 41.6 Å². The summed E-state index contributed by atoms with van der Waals surface area (Å²) in [4.78, 5) is 14.1. The van der Waals surface area contributed by atoms with Gasteiger partial charge in [0.1, 0.15) is 0 Å². The number of hydrogen-bond donors (Lipinski definition) is 1. The monoisotopic (exact) mass is 228 g/mol. The highest BCUT2D eigenvalue weighted by Crippen LogP contribution is 2.19. The fourth-order valence-electron chi connectivity index (χ4n) is 2.12. The predicted octanol–water partition coefficient (Wildman–Crippen LogP) is 1.22. The van der Waals surface area contributed by atoms with E-state index in [0.717, 1.165) is 19.4 Å². The summed E-state index contributed by atoms with van der Waals surface area (Å²) in [5, 5.41) is 3.37. The van der Waals surface area contributed by atoms with Crippen LogP contribution in [-0.4, -0.2) is 43.3 Å². The number of methoxy groups -OCH3 is 1. The second kappa shape index (κ2) is 6.21. The Bertz CT molecular complexity index is 233. The van der Waals surface area contributed by atoms with Crippen LogP contribution in [0.2, 0.25) is 0 Å². The Morgan fingerprint density at radius 3 is 2.81 bits per heavy atom. The van der Waals surface area contributed by atoms with Crippen LogP contribution in [0.25, 0.3) is 0 Å². The van der Waals surface area contributed by atoms with Gasteiger partial charge in [-0.05, 0) is 19.3 Å². The maximum atomic E-state index is 12.1. The molecule has 4 nitrogen and oxygen atoms in total. The van der Waals surface area contributed by atoms with E-state index in [1.54, 1.807) is 7.11 Å². The van der Waals surface area contributed by atoms with Crippen molar-refractivity contribution < 1.29 is 9.53 Å². The van der Waals surface area contributed by atoms with Gasteiger partial charge in [-0.2, -0.15) is 0 Å². The van der Waals surface area contributed by atoms with E-state index in [9.17, 15) is 4.79 Å². The van der Waals surface area contributed by atoms with Gasteiger partial charge in [0, 0.05) is 20.3 Å². The van der Waals surface area contributed by atoms with Crippen molar-refractivity contribution in [1.82, 2.24) is 10.2 Å². The van der Waals surface area contributed by atoms with Gasteiger partial charge in [-0.3, -0.25) is 10.1 Å². The highest BCUT2D eigenvalue weighted by atomic mass is 16.5. The van der Waals surface area contributed by atoms with Crippen LogP contribution in [0.1, 0.15) is 33.6 Å². The largest absolute Gasteiger partial charge is 0.385 e. The smallest absolute Gasteiger partial charge is 0.241 e. The number of rotatable bonds is 6. The summed E-state index contributed by atoms with van der Waals surface area (Å²) < 4.78 is 5.01. The van der Waals surface area contributed by atoms with Gasteiger partial charge in [0.15, 0.2) is 0 Å². The molecule has 0 aromatic carbocycles. The lowest BCUT2D eigenvalue weighted by Gasteiger charge is -2.20. The third-order valence-corrected chi connectivity index (χ3v) is 3.40. The maximum Gasteiger partial charge on any atom is 0.241 e. The minimum atomic E-state index is 0.00236. The number of nitrogens with one attached hydrogen (secondary N) is 1. The number of ether oxygens (including phenoxy) is 1. The summed E-state index contributed by atoms with van der Waals surface area (Å²) in [5.41, 5.74) is 0. The van der Waals surface area contributed by atoms with Crippen LogP contribution in [0.4, 0.5) is 0 Å². The van der Waals surface area contributed by atoms with Gasteiger partial charge >= 0.3 is 0 Å². The van der Waals surface area contributed by atoms with Crippen molar-refractivity contribution in [3.8, 4) is 0 Å². The zero-order valence-electron chi connectivity index (χ0n) is 10.8. The molecule has 0 saturated carbocycles. The Kier molecular flexibility index (Phi) is 5.22. The van der Waals surface area contributed by atoms with E-state index < -0.39 is 0 Å². The van der Waals surface area contributed by atoms with Crippen molar-refractivity contribution in [3.05, 3.63) is 0 Å². The van der Waals surface area contributed by atoms with Crippen molar-refractivity contribution in [2.75, 3.05) is 20.3 Å². The number of nitrogens with zero attached hydrogens (tertiary/aromatic N) is 1. The van der Waals surface area contributed by atoms with E-state index in [4.69, 9.17) is 4.74 Å². The predicted molar refractivity (Wildman–Crippen MR) is 64.0 cm³/mol. The van der Waals surface area contributed by atoms with Gasteiger partial charge in [0.05, 0.1) is 12.2 Å². The number of hydrogen-bond acceptors (Lipinski definition) is 3. The van der Waals surface area contributed by atoms with Crippen LogP contribution in [-0.2, 0) is 9.53 Å². The first kappa shape index (κ1) is 13.5. The van der Waals surface area contributed by atoms with Crippen molar-refractivity contribution in [3.63, 3.8) is 0 Å². The molecular weight excluding hydrogens is 204 g/mol. The molecule has 1 amide bonds. The second-order valence-corrected chi connectivity index (χ2v) is 4.58. The normalized spacial score (nSPS) is 27.5. The molecule has 0 bridgehead atoms. The summed E-state index contributed by atoms with van der Waals surface area (Å²) >= 11 is 0. The molecule has 16 heavy (non-hydrogen) atoms. The van der Waals surface area contributed by atoms with E-state index in [2.05, 4.69) is 19.2 Å². The molecule has 1 heterocycles. The molecule has 94 valence electrons. The van der Waals surface area contributed by atoms with Gasteiger partial charge in [-0.1, -0.05) is 20.3 Å². The molecule has 3 atom stereocenters. The third kappa shape index (κ3) is 2.95. The quantitative estimate of drug-likeness (QED) is 0.695. The Morgan fingerprint density at radius 2 is 2.25 bits per heavy atom. The van der Waals surface area contributed by atoms with Crippen molar-refractivity contribution in [2.45, 2.75) is 45.8 Å². The van der Waals surface area contributed by atoms with Gasteiger partial charge < -0.3 is 9.64 Å². The van der Waals surface area contributed by atoms with Crippen LogP contribution >= 0.6 is 0 Å². The van der Waals surface area contributed by atoms with Gasteiger partial charge in [-0.15, -0.1) is 0 Å². The molecular formula is C12H24N2O2. The number of carbonyl (C=O) groups excluding carboxylic acids is 1. The maximum absolute atomic E-state index is 12.1. The molecule has 0 spiro atoms. The Balaban J connectivity index is 2.50. The highest BCUT2D eigenvalue weighted by Gasteiger charge is 2.38. The van der Waals surface area contributed by atoms with Gasteiger partial charge in [0.2, 0.25) is 5.91 Å². The first-order chi connectivity index (χ1) is 7.61. The molecule has 0 aliphatic carbocycles. The molecule has 0 radical (unpaired) electrons. The molecule has 1 aliphatic rings. The average Bonchev–Trinajstić information content (AvgIpc) is 2.56. The van der Waals surface area contributed by atoms with Crippen LogP contribution in [0, 0.1) is 5.92 Å². The van der Waals surface area contributed by atoms with Crippen LogP contribution < -0.4 is 5.32 Å². The lowest BCUT2D eigenvalue weighted by atomic mass is 9.99. The van der Waals surface area contributed by atoms with E-state index >= 15 is 0 Å². The highest BCUT2D eigenvalue weighted by molar-refractivity contribution is 5.84. The molecule has 1 N–H and O–H groups in total. The Hall–Kier alpha value is -0.610. The minimum absolute atomic E-state index is 0.00236. The summed E-state index contributed by atoms with van der Waals surface area (Å²) in [7, 11) is 1.69. The zero-order valence-corrected chi connectivity index (χ0v) is 10.8. The second-order valence-electron chi connectivity index (χ2n) is 4.58. The molecule has 3 unspecified atom stereocenters. The van der Waals surface area contributed by atoms with Crippen LogP contribution in [0.5, 0.6) is 0 Å². The van der Waals surface area contributed by atoms with E-state index in [1.807, 2.05) is 11.8 Å².